The quantitative estimate of drug-likeness (QED) is 0.426. The van der Waals surface area contributed by atoms with E-state index >= 15 is 0 Å². The van der Waals surface area contributed by atoms with Gasteiger partial charge in [0, 0.05) is 18.5 Å². The molecule has 0 saturated heterocycles. The van der Waals surface area contributed by atoms with Gasteiger partial charge in [0.05, 0.1) is 5.59 Å². The van der Waals surface area contributed by atoms with E-state index in [2.05, 4.69) is 24.6 Å². The van der Waals surface area contributed by atoms with Gasteiger partial charge >= 0.3 is 14.4 Å². The molecule has 2 rings (SSSR count). The normalized spacial score (nSPS) is 9.05. The van der Waals surface area contributed by atoms with Crippen molar-refractivity contribution in [2.75, 3.05) is 0 Å². The Morgan fingerprint density at radius 3 is 1.89 bits per heavy atom. The van der Waals surface area contributed by atoms with Gasteiger partial charge in [0.1, 0.15) is 12.7 Å². The van der Waals surface area contributed by atoms with E-state index in [9.17, 15) is 0 Å². The first-order valence-electron chi connectivity index (χ1n) is 5.00. The van der Waals surface area contributed by atoms with Crippen molar-refractivity contribution in [2.45, 2.75) is 0 Å². The molecule has 4 N–H and O–H groups in total. The second-order valence-corrected chi connectivity index (χ2v) is 3.00. The van der Waals surface area contributed by atoms with Crippen LogP contribution in [-0.2, 0) is 0 Å². The fourth-order valence-electron chi connectivity index (χ4n) is 0.910. The molecule has 11 heteroatoms. The third kappa shape index (κ3) is 6.43. The molecule has 0 amide bonds. The Bertz CT molecular complexity index is 461. The van der Waals surface area contributed by atoms with Crippen molar-refractivity contribution in [1.82, 2.24) is 19.9 Å². The minimum atomic E-state index is -1.82. The van der Waals surface area contributed by atoms with Gasteiger partial charge in [-0.3, -0.25) is 0 Å². The van der Waals surface area contributed by atoms with Crippen LogP contribution < -0.4 is 10.2 Å². The van der Waals surface area contributed by atoms with Gasteiger partial charge in [-0.05, 0) is 6.07 Å². The number of aromatic nitrogens is 4. The number of hydrogen-bond donors (Lipinski definition) is 4. The third-order valence-corrected chi connectivity index (χ3v) is 1.65. The number of hydrogen-bond acceptors (Lipinski definition) is 9. The molecule has 2 heterocycles. The van der Waals surface area contributed by atoms with E-state index in [0.29, 0.717) is 0 Å². The SMILES string of the molecule is OB(O)Oc1ccncn1.OB(O)c1ccncn1. The first-order valence-corrected chi connectivity index (χ1v) is 5.00. The molecule has 0 saturated carbocycles. The van der Waals surface area contributed by atoms with Crippen LogP contribution in [0.5, 0.6) is 5.88 Å². The Labute approximate surface area is 108 Å². The van der Waals surface area contributed by atoms with Crippen LogP contribution in [0.3, 0.4) is 0 Å². The van der Waals surface area contributed by atoms with Crippen LogP contribution in [0.1, 0.15) is 0 Å². The smallest absolute Gasteiger partial charge is 0.498 e. The first kappa shape index (κ1) is 15.0. The Balaban J connectivity index is 0.000000191. The van der Waals surface area contributed by atoms with Crippen molar-refractivity contribution >= 4 is 20.0 Å². The van der Waals surface area contributed by atoms with Gasteiger partial charge in [0.2, 0.25) is 5.88 Å². The van der Waals surface area contributed by atoms with E-state index in [-0.39, 0.29) is 11.5 Å². The van der Waals surface area contributed by atoms with Gasteiger partial charge in [-0.15, -0.1) is 0 Å². The molecule has 0 spiro atoms. The zero-order valence-electron chi connectivity index (χ0n) is 9.60. The van der Waals surface area contributed by atoms with Crippen LogP contribution >= 0.6 is 0 Å². The highest BCUT2D eigenvalue weighted by Gasteiger charge is 2.11. The van der Waals surface area contributed by atoms with Gasteiger partial charge in [-0.2, -0.15) is 0 Å². The van der Waals surface area contributed by atoms with Crippen LogP contribution in [-0.4, -0.2) is 54.5 Å². The standard InChI is InChI=1S/C4H5BN2O3.C4H5BN2O2/c8-5(9)10-4-1-2-6-3-7-4;8-5(9)4-1-2-6-3-7-4/h1-3,8-9H;1-3,8-9H. The average Bonchev–Trinajstić information content (AvgIpc) is 2.41. The summed E-state index contributed by atoms with van der Waals surface area (Å²) in [5, 5.41) is 33.5. The van der Waals surface area contributed by atoms with Crippen LogP contribution in [0.15, 0.2) is 37.2 Å². The lowest BCUT2D eigenvalue weighted by molar-refractivity contribution is 0.283. The lowest BCUT2D eigenvalue weighted by atomic mass is 9.86. The zero-order chi connectivity index (χ0) is 14.1. The van der Waals surface area contributed by atoms with Crippen LogP contribution in [0.25, 0.3) is 0 Å². The van der Waals surface area contributed by atoms with E-state index in [1.807, 2.05) is 0 Å². The summed E-state index contributed by atoms with van der Waals surface area (Å²) >= 11 is 0. The molecule has 19 heavy (non-hydrogen) atoms. The summed E-state index contributed by atoms with van der Waals surface area (Å²) in [6.07, 6.45) is 5.39. The summed E-state index contributed by atoms with van der Waals surface area (Å²) in [4.78, 5) is 14.3. The van der Waals surface area contributed by atoms with Gasteiger partial charge < -0.3 is 24.8 Å². The molecule has 0 atom stereocenters. The molecule has 2 aromatic heterocycles. The fraction of sp³-hybridized carbons (Fsp3) is 0. The summed E-state index contributed by atoms with van der Waals surface area (Å²) in [6, 6.07) is 2.85. The highest BCUT2D eigenvalue weighted by Crippen LogP contribution is 2.00. The molecular weight excluding hydrogens is 254 g/mol. The molecule has 9 nitrogen and oxygen atoms in total. The lowest BCUT2D eigenvalue weighted by Gasteiger charge is -1.99. The highest BCUT2D eigenvalue weighted by molar-refractivity contribution is 6.57. The van der Waals surface area contributed by atoms with Crippen molar-refractivity contribution in [3.63, 3.8) is 0 Å². The Hall–Kier alpha value is -2.07. The van der Waals surface area contributed by atoms with Crippen molar-refractivity contribution in [3.05, 3.63) is 37.2 Å². The number of rotatable bonds is 3. The lowest BCUT2D eigenvalue weighted by Crippen LogP contribution is -2.32. The average molecular weight is 264 g/mol. The molecule has 0 aliphatic heterocycles. The molecule has 98 valence electrons. The Morgan fingerprint density at radius 1 is 0.895 bits per heavy atom. The molecule has 0 radical (unpaired) electrons. The maximum absolute atomic E-state index is 8.49. The predicted octanol–water partition coefficient (Wildman–Crippen LogP) is -3.02. The number of nitrogens with zero attached hydrogens (tertiary/aromatic N) is 4. The summed E-state index contributed by atoms with van der Waals surface area (Å²) in [5.74, 6) is 0.130. The van der Waals surface area contributed by atoms with Crippen molar-refractivity contribution < 1.29 is 24.8 Å². The second-order valence-electron chi connectivity index (χ2n) is 3.00. The van der Waals surface area contributed by atoms with Gasteiger partial charge in [-0.1, -0.05) is 0 Å². The van der Waals surface area contributed by atoms with E-state index in [1.165, 1.54) is 37.2 Å². The molecule has 0 aromatic carbocycles. The first-order chi connectivity index (χ1) is 9.09. The molecule has 0 aliphatic carbocycles. The van der Waals surface area contributed by atoms with Gasteiger partial charge in [0.25, 0.3) is 0 Å². The van der Waals surface area contributed by atoms with E-state index in [0.717, 1.165) is 0 Å². The van der Waals surface area contributed by atoms with Crippen LogP contribution in [0.2, 0.25) is 0 Å². The summed E-state index contributed by atoms with van der Waals surface area (Å²) in [6.45, 7) is 0. The summed E-state index contributed by atoms with van der Waals surface area (Å²) in [7, 11) is -3.32. The molecule has 2 aromatic rings. The molecule has 0 bridgehead atoms. The Kier molecular flexibility index (Phi) is 6.39. The zero-order valence-corrected chi connectivity index (χ0v) is 9.60. The van der Waals surface area contributed by atoms with Crippen LogP contribution in [0.4, 0.5) is 0 Å². The second kappa shape index (κ2) is 8.11. The molecular formula is C8H10B2N4O5. The maximum atomic E-state index is 8.49. The van der Waals surface area contributed by atoms with Crippen LogP contribution in [0, 0.1) is 0 Å². The molecule has 0 unspecified atom stereocenters. The summed E-state index contributed by atoms with van der Waals surface area (Å²) in [5.41, 5.74) is 0.213. The predicted molar refractivity (Wildman–Crippen MR) is 64.7 cm³/mol. The van der Waals surface area contributed by atoms with Gasteiger partial charge in [-0.25, -0.2) is 19.9 Å². The van der Waals surface area contributed by atoms with Gasteiger partial charge in [0.15, 0.2) is 0 Å². The fourth-order valence-corrected chi connectivity index (χ4v) is 0.910. The highest BCUT2D eigenvalue weighted by atomic mass is 16.6. The minimum absolute atomic E-state index is 0.130. The molecule has 0 aliphatic rings. The van der Waals surface area contributed by atoms with Crippen molar-refractivity contribution in [3.8, 4) is 5.88 Å². The summed E-state index contributed by atoms with van der Waals surface area (Å²) < 4.78 is 4.37. The van der Waals surface area contributed by atoms with Crippen molar-refractivity contribution in [1.29, 1.82) is 0 Å². The largest absolute Gasteiger partial charge is 0.708 e. The van der Waals surface area contributed by atoms with Crippen molar-refractivity contribution in [2.24, 2.45) is 0 Å². The topological polar surface area (TPSA) is 142 Å². The monoisotopic (exact) mass is 264 g/mol. The molecule has 0 fully saturated rings. The van der Waals surface area contributed by atoms with E-state index in [1.54, 1.807) is 0 Å². The minimum Gasteiger partial charge on any atom is -0.498 e. The third-order valence-electron chi connectivity index (χ3n) is 1.65. The van der Waals surface area contributed by atoms with E-state index < -0.39 is 14.4 Å². The van der Waals surface area contributed by atoms with E-state index in [4.69, 9.17) is 20.1 Å². The Morgan fingerprint density at radius 2 is 1.53 bits per heavy atom. The maximum Gasteiger partial charge on any atom is 0.708 e.